The Morgan fingerprint density at radius 1 is 1.06 bits per heavy atom. The molecule has 0 spiro atoms. The molecule has 0 radical (unpaired) electrons. The number of aromatic nitrogens is 1. The average molecular weight is 467 g/mol. The second kappa shape index (κ2) is 8.20. The van der Waals surface area contributed by atoms with Gasteiger partial charge in [-0.25, -0.2) is 13.8 Å². The minimum atomic E-state index is -4.36. The lowest BCUT2D eigenvalue weighted by Crippen LogP contribution is -2.35. The molecule has 1 aliphatic rings. The van der Waals surface area contributed by atoms with Gasteiger partial charge in [-0.05, 0) is 23.8 Å². The zero-order valence-electron chi connectivity index (χ0n) is 15.7. The molecule has 6 nitrogen and oxygen atoms in total. The van der Waals surface area contributed by atoms with Crippen LogP contribution < -0.4 is 10.6 Å². The molecule has 0 saturated heterocycles. The molecule has 160 valence electrons. The highest BCUT2D eigenvalue weighted by Gasteiger charge is 2.31. The topological polar surface area (TPSA) is 83.5 Å². The van der Waals surface area contributed by atoms with Gasteiger partial charge in [-0.1, -0.05) is 35.9 Å². The van der Waals surface area contributed by atoms with Gasteiger partial charge in [0.15, 0.2) is 11.6 Å². The van der Waals surface area contributed by atoms with Crippen LogP contribution in [0.15, 0.2) is 58.0 Å². The Morgan fingerprint density at radius 3 is 2.55 bits per heavy atom. The molecule has 2 aromatic carbocycles. The normalized spacial score (nSPS) is 14.4. The second-order valence-electron chi connectivity index (χ2n) is 6.64. The number of benzene rings is 2. The quantitative estimate of drug-likeness (QED) is 0.568. The van der Waals surface area contributed by atoms with E-state index in [0.29, 0.717) is 16.7 Å². The fraction of sp³-hybridized carbons (Fsp3) is 0.100. The zero-order chi connectivity index (χ0) is 22.2. The molecule has 1 aromatic heterocycles. The summed E-state index contributed by atoms with van der Waals surface area (Å²) in [6, 6.07) is 10.1. The maximum atomic E-state index is 14.7. The summed E-state index contributed by atoms with van der Waals surface area (Å²) in [5.74, 6) is -3.53. The first kappa shape index (κ1) is 21.1. The molecule has 0 fully saturated rings. The smallest absolute Gasteiger partial charge is 0.287 e. The lowest BCUT2D eigenvalue weighted by molar-refractivity contribution is 0.497. The minimum absolute atomic E-state index is 0.139. The summed E-state index contributed by atoms with van der Waals surface area (Å²) in [6.45, 7) is -0.139. The Bertz CT molecular complexity index is 1320. The predicted molar refractivity (Wildman–Crippen MR) is 110 cm³/mol. The summed E-state index contributed by atoms with van der Waals surface area (Å²) in [5.41, 5.74) is 0.248. The molecular formula is C20H14ClF3N4O2S. The molecular weight excluding hydrogens is 453 g/mol. The largest absolute Gasteiger partial charge is 0.351 e. The number of fused-ring (bicyclic) bond motifs is 1. The van der Waals surface area contributed by atoms with Crippen molar-refractivity contribution in [1.29, 1.82) is 0 Å². The van der Waals surface area contributed by atoms with Crippen molar-refractivity contribution in [3.8, 4) is 0 Å². The predicted octanol–water partition coefficient (Wildman–Crippen LogP) is 4.00. The van der Waals surface area contributed by atoms with E-state index >= 15 is 0 Å². The SMILES string of the molecule is O=S1(=O)N=C(NCc2cccnc2F)Nc2c1cc(F)c(F)c2Cc1ccccc1Cl. The summed E-state index contributed by atoms with van der Waals surface area (Å²) < 4.78 is 71.5. The first-order chi connectivity index (χ1) is 14.8. The molecule has 2 N–H and O–H groups in total. The Kier molecular flexibility index (Phi) is 5.59. The van der Waals surface area contributed by atoms with Gasteiger partial charge in [-0.15, -0.1) is 4.40 Å². The van der Waals surface area contributed by atoms with Gasteiger partial charge in [0.1, 0.15) is 4.90 Å². The highest BCUT2D eigenvalue weighted by atomic mass is 35.5. The van der Waals surface area contributed by atoms with E-state index in [0.717, 1.165) is 0 Å². The number of hydrogen-bond donors (Lipinski definition) is 2. The van der Waals surface area contributed by atoms with Crippen molar-refractivity contribution in [2.45, 2.75) is 17.9 Å². The molecule has 31 heavy (non-hydrogen) atoms. The van der Waals surface area contributed by atoms with Crippen LogP contribution in [-0.2, 0) is 23.0 Å². The molecule has 0 bridgehead atoms. The van der Waals surface area contributed by atoms with Crippen LogP contribution >= 0.6 is 11.6 Å². The minimum Gasteiger partial charge on any atom is -0.351 e. The van der Waals surface area contributed by atoms with E-state index in [2.05, 4.69) is 20.0 Å². The molecule has 11 heteroatoms. The fourth-order valence-corrected chi connectivity index (χ4v) is 4.45. The van der Waals surface area contributed by atoms with Crippen LogP contribution in [0, 0.1) is 17.6 Å². The van der Waals surface area contributed by atoms with Gasteiger partial charge < -0.3 is 10.6 Å². The summed E-state index contributed by atoms with van der Waals surface area (Å²) in [4.78, 5) is 3.00. The molecule has 0 atom stereocenters. The van der Waals surface area contributed by atoms with Crippen molar-refractivity contribution >= 4 is 33.3 Å². The first-order valence-corrected chi connectivity index (χ1v) is 10.8. The van der Waals surface area contributed by atoms with Gasteiger partial charge in [0.25, 0.3) is 10.0 Å². The number of anilines is 1. The molecule has 0 aliphatic carbocycles. The van der Waals surface area contributed by atoms with Gasteiger partial charge in [-0.2, -0.15) is 12.8 Å². The summed E-state index contributed by atoms with van der Waals surface area (Å²) in [5, 5.41) is 5.65. The summed E-state index contributed by atoms with van der Waals surface area (Å²) >= 11 is 6.13. The molecule has 3 aromatic rings. The number of halogens is 4. The van der Waals surface area contributed by atoms with E-state index in [4.69, 9.17) is 11.6 Å². The van der Waals surface area contributed by atoms with Crippen molar-refractivity contribution in [3.63, 3.8) is 0 Å². The van der Waals surface area contributed by atoms with E-state index in [1.54, 1.807) is 24.3 Å². The van der Waals surface area contributed by atoms with Gasteiger partial charge >= 0.3 is 0 Å². The molecule has 4 rings (SSSR count). The van der Waals surface area contributed by atoms with Crippen molar-refractivity contribution < 1.29 is 21.6 Å². The van der Waals surface area contributed by atoms with E-state index in [9.17, 15) is 21.6 Å². The number of nitrogens with zero attached hydrogens (tertiary/aromatic N) is 2. The van der Waals surface area contributed by atoms with Crippen LogP contribution in [0.2, 0.25) is 5.02 Å². The maximum absolute atomic E-state index is 14.7. The van der Waals surface area contributed by atoms with Crippen LogP contribution in [-0.4, -0.2) is 19.4 Å². The van der Waals surface area contributed by atoms with Gasteiger partial charge in [-0.3, -0.25) is 0 Å². The van der Waals surface area contributed by atoms with E-state index < -0.39 is 32.5 Å². The third-order valence-corrected chi connectivity index (χ3v) is 6.29. The summed E-state index contributed by atoms with van der Waals surface area (Å²) in [7, 11) is -4.36. The standard InChI is InChI=1S/C20H14ClF3N4O2S/c21-14-6-2-1-4-11(14)8-13-17(23)15(22)9-16-18(13)27-20(28-31(16,29)30)26-10-12-5-3-7-25-19(12)24/h1-7,9H,8,10H2,(H2,26,27,28). The van der Waals surface area contributed by atoms with Crippen LogP contribution in [0.1, 0.15) is 16.7 Å². The van der Waals surface area contributed by atoms with Gasteiger partial charge in [0, 0.05) is 35.3 Å². The molecule has 2 heterocycles. The Labute approximate surface area is 180 Å². The van der Waals surface area contributed by atoms with Crippen LogP contribution in [0.5, 0.6) is 0 Å². The van der Waals surface area contributed by atoms with Crippen LogP contribution in [0.4, 0.5) is 18.9 Å². The molecule has 0 saturated carbocycles. The number of hydrogen-bond acceptors (Lipinski definition) is 5. The monoisotopic (exact) mass is 466 g/mol. The maximum Gasteiger partial charge on any atom is 0.287 e. The van der Waals surface area contributed by atoms with Crippen molar-refractivity contribution in [1.82, 2.24) is 10.3 Å². The van der Waals surface area contributed by atoms with Gasteiger partial charge in [0.2, 0.25) is 11.9 Å². The number of guanidine groups is 1. The third kappa shape index (κ3) is 4.21. The average Bonchev–Trinajstić information content (AvgIpc) is 2.72. The highest BCUT2D eigenvalue weighted by molar-refractivity contribution is 7.90. The third-order valence-electron chi connectivity index (χ3n) is 4.62. The number of nitrogens with one attached hydrogen (secondary N) is 2. The number of rotatable bonds is 4. The first-order valence-electron chi connectivity index (χ1n) is 8.96. The van der Waals surface area contributed by atoms with Crippen LogP contribution in [0.3, 0.4) is 0 Å². The molecule has 0 unspecified atom stereocenters. The number of pyridine rings is 1. The van der Waals surface area contributed by atoms with E-state index in [-0.39, 0.29) is 35.7 Å². The Morgan fingerprint density at radius 2 is 1.81 bits per heavy atom. The van der Waals surface area contributed by atoms with Gasteiger partial charge in [0.05, 0.1) is 5.69 Å². The Balaban J connectivity index is 1.72. The van der Waals surface area contributed by atoms with E-state index in [1.807, 2.05) is 0 Å². The van der Waals surface area contributed by atoms with E-state index in [1.165, 1.54) is 18.3 Å². The number of sulfonamides is 1. The summed E-state index contributed by atoms with van der Waals surface area (Å²) in [6.07, 6.45) is 1.10. The van der Waals surface area contributed by atoms with Crippen molar-refractivity contribution in [3.05, 3.63) is 88.0 Å². The molecule has 1 aliphatic heterocycles. The van der Waals surface area contributed by atoms with Crippen molar-refractivity contribution in [2.24, 2.45) is 4.40 Å². The zero-order valence-corrected chi connectivity index (χ0v) is 17.2. The lowest BCUT2D eigenvalue weighted by Gasteiger charge is -2.23. The fourth-order valence-electron chi connectivity index (χ4n) is 3.11. The molecule has 0 amide bonds. The highest BCUT2D eigenvalue weighted by Crippen LogP contribution is 2.35. The second-order valence-corrected chi connectivity index (χ2v) is 8.62. The lowest BCUT2D eigenvalue weighted by atomic mass is 10.0. The Hall–Kier alpha value is -3.11. The van der Waals surface area contributed by atoms with Crippen molar-refractivity contribution in [2.75, 3.05) is 5.32 Å². The van der Waals surface area contributed by atoms with Crippen LogP contribution in [0.25, 0.3) is 0 Å².